The Bertz CT molecular complexity index is 1040. The molecule has 160 valence electrons. The maximum absolute atomic E-state index is 13.2. The number of nitrogens with two attached hydrogens (primary N) is 1. The molecule has 0 bridgehead atoms. The molecule has 1 amide bonds. The second-order valence-electron chi connectivity index (χ2n) is 6.88. The number of rotatable bonds is 9. The zero-order chi connectivity index (χ0) is 22.2. The molecule has 0 saturated heterocycles. The average molecular weight is 418 g/mol. The summed E-state index contributed by atoms with van der Waals surface area (Å²) in [6, 6.07) is 21.4. The second kappa shape index (κ2) is 10.2. The Morgan fingerprint density at radius 2 is 1.71 bits per heavy atom. The van der Waals surface area contributed by atoms with Crippen molar-refractivity contribution in [3.05, 3.63) is 89.5 Å². The Labute approximate surface area is 181 Å². The van der Waals surface area contributed by atoms with Gasteiger partial charge in [-0.1, -0.05) is 30.3 Å². The largest absolute Gasteiger partial charge is 0.497 e. The summed E-state index contributed by atoms with van der Waals surface area (Å²) < 4.78 is 10.8. The van der Waals surface area contributed by atoms with Gasteiger partial charge in [-0.15, -0.1) is 0 Å². The molecule has 0 aliphatic carbocycles. The molecule has 31 heavy (non-hydrogen) atoms. The van der Waals surface area contributed by atoms with Gasteiger partial charge in [0.15, 0.2) is 0 Å². The number of carbonyl (C=O) groups is 1. The molecule has 0 spiro atoms. The highest BCUT2D eigenvalue weighted by Gasteiger charge is 2.24. The van der Waals surface area contributed by atoms with E-state index in [9.17, 15) is 4.79 Å². The van der Waals surface area contributed by atoms with Gasteiger partial charge in [0.1, 0.15) is 23.4 Å². The van der Waals surface area contributed by atoms with Crippen molar-refractivity contribution in [3.8, 4) is 11.5 Å². The number of anilines is 1. The van der Waals surface area contributed by atoms with E-state index in [0.29, 0.717) is 34.9 Å². The fourth-order valence-corrected chi connectivity index (χ4v) is 3.14. The molecule has 0 aliphatic rings. The van der Waals surface area contributed by atoms with E-state index in [1.165, 1.54) is 0 Å². The predicted molar refractivity (Wildman–Crippen MR) is 122 cm³/mol. The number of amidine groups is 1. The molecule has 0 heterocycles. The number of hydrogen-bond acceptors (Lipinski definition) is 5. The van der Waals surface area contributed by atoms with Crippen molar-refractivity contribution in [2.75, 3.05) is 19.5 Å². The molecule has 5 N–H and O–H groups in total. The number of hydrogen-bond donors (Lipinski definition) is 4. The van der Waals surface area contributed by atoms with E-state index in [-0.39, 0.29) is 11.7 Å². The number of methoxy groups -OCH3 is 2. The molecule has 1 unspecified atom stereocenters. The van der Waals surface area contributed by atoms with E-state index in [4.69, 9.17) is 20.6 Å². The van der Waals surface area contributed by atoms with E-state index < -0.39 is 6.04 Å². The van der Waals surface area contributed by atoms with Gasteiger partial charge >= 0.3 is 0 Å². The highest BCUT2D eigenvalue weighted by molar-refractivity contribution is 5.95. The van der Waals surface area contributed by atoms with E-state index in [1.54, 1.807) is 56.7 Å². The first-order valence-corrected chi connectivity index (χ1v) is 9.76. The summed E-state index contributed by atoms with van der Waals surface area (Å²) in [6.45, 7) is 0.402. The van der Waals surface area contributed by atoms with Crippen LogP contribution in [0.5, 0.6) is 11.5 Å². The Hall–Kier alpha value is -4.00. The van der Waals surface area contributed by atoms with Crippen molar-refractivity contribution in [2.45, 2.75) is 12.6 Å². The van der Waals surface area contributed by atoms with Gasteiger partial charge in [0.2, 0.25) is 5.91 Å². The van der Waals surface area contributed by atoms with Crippen LogP contribution in [0.4, 0.5) is 5.69 Å². The molecule has 7 nitrogen and oxygen atoms in total. The standard InChI is InChI=1S/C24H26N4O3/c1-30-19-12-13-20(21(14-19)31-2)22(24(29)27-15-16-6-4-3-5-7-16)28-18-10-8-17(9-11-18)23(25)26/h3-14,22,28H,15H2,1-2H3,(H3,25,26)(H,27,29). The molecule has 0 aromatic heterocycles. The van der Waals surface area contributed by atoms with Crippen molar-refractivity contribution in [3.63, 3.8) is 0 Å². The maximum Gasteiger partial charge on any atom is 0.247 e. The molecule has 0 radical (unpaired) electrons. The summed E-state index contributed by atoms with van der Waals surface area (Å²) in [7, 11) is 3.13. The van der Waals surface area contributed by atoms with Crippen LogP contribution >= 0.6 is 0 Å². The number of nitrogen functional groups attached to an aromatic ring is 1. The summed E-state index contributed by atoms with van der Waals surface area (Å²) in [4.78, 5) is 13.2. The number of nitrogens with one attached hydrogen (secondary N) is 3. The van der Waals surface area contributed by atoms with Gasteiger partial charge in [0.05, 0.1) is 14.2 Å². The first kappa shape index (κ1) is 21.7. The van der Waals surface area contributed by atoms with Crippen LogP contribution in [0.2, 0.25) is 0 Å². The molecule has 7 heteroatoms. The van der Waals surface area contributed by atoms with Gasteiger partial charge in [-0.3, -0.25) is 10.2 Å². The van der Waals surface area contributed by atoms with Gasteiger partial charge in [-0.05, 0) is 42.0 Å². The van der Waals surface area contributed by atoms with Gasteiger partial charge in [0.25, 0.3) is 0 Å². The fraction of sp³-hybridized carbons (Fsp3) is 0.167. The highest BCUT2D eigenvalue weighted by atomic mass is 16.5. The summed E-state index contributed by atoms with van der Waals surface area (Å²) in [5.41, 5.74) is 8.53. The highest BCUT2D eigenvalue weighted by Crippen LogP contribution is 2.32. The van der Waals surface area contributed by atoms with Crippen molar-refractivity contribution in [1.82, 2.24) is 5.32 Å². The van der Waals surface area contributed by atoms with E-state index in [0.717, 1.165) is 5.56 Å². The van der Waals surface area contributed by atoms with Crippen LogP contribution < -0.4 is 25.8 Å². The summed E-state index contributed by atoms with van der Waals surface area (Å²) >= 11 is 0. The monoisotopic (exact) mass is 418 g/mol. The molecule has 3 aromatic rings. The SMILES string of the molecule is COc1ccc(C(Nc2ccc(C(=N)N)cc2)C(=O)NCc2ccccc2)c(OC)c1. The lowest BCUT2D eigenvalue weighted by atomic mass is 10.0. The summed E-state index contributed by atoms with van der Waals surface area (Å²) in [6.07, 6.45) is 0. The van der Waals surface area contributed by atoms with Crippen molar-refractivity contribution in [1.29, 1.82) is 5.41 Å². The zero-order valence-electron chi connectivity index (χ0n) is 17.5. The third-order valence-corrected chi connectivity index (χ3v) is 4.83. The molecular weight excluding hydrogens is 392 g/mol. The van der Waals surface area contributed by atoms with Gasteiger partial charge in [-0.25, -0.2) is 0 Å². The maximum atomic E-state index is 13.2. The van der Waals surface area contributed by atoms with Gasteiger partial charge < -0.3 is 25.8 Å². The van der Waals surface area contributed by atoms with Crippen LogP contribution in [-0.4, -0.2) is 26.0 Å². The molecule has 0 aliphatic heterocycles. The van der Waals surface area contributed by atoms with Crippen molar-refractivity contribution >= 4 is 17.4 Å². The first-order chi connectivity index (χ1) is 15.0. The molecule has 0 fully saturated rings. The van der Waals surface area contributed by atoms with Crippen LogP contribution in [0.1, 0.15) is 22.7 Å². The molecule has 1 atom stereocenters. The lowest BCUT2D eigenvalue weighted by Gasteiger charge is -2.22. The lowest BCUT2D eigenvalue weighted by molar-refractivity contribution is -0.122. The lowest BCUT2D eigenvalue weighted by Crippen LogP contribution is -2.33. The number of amides is 1. The smallest absolute Gasteiger partial charge is 0.247 e. The molecule has 3 aromatic carbocycles. The van der Waals surface area contributed by atoms with Crippen LogP contribution in [-0.2, 0) is 11.3 Å². The third kappa shape index (κ3) is 5.54. The Balaban J connectivity index is 1.89. The third-order valence-electron chi connectivity index (χ3n) is 4.83. The van der Waals surface area contributed by atoms with E-state index in [2.05, 4.69) is 10.6 Å². The molecule has 3 rings (SSSR count). The second-order valence-corrected chi connectivity index (χ2v) is 6.88. The van der Waals surface area contributed by atoms with Crippen molar-refractivity contribution in [2.24, 2.45) is 5.73 Å². The predicted octanol–water partition coefficient (Wildman–Crippen LogP) is 3.46. The fourth-order valence-electron chi connectivity index (χ4n) is 3.14. The minimum Gasteiger partial charge on any atom is -0.497 e. The Morgan fingerprint density at radius 1 is 1.00 bits per heavy atom. The number of benzene rings is 3. The quantitative estimate of drug-likeness (QED) is 0.314. The molecular formula is C24H26N4O3. The topological polar surface area (TPSA) is 109 Å². The Morgan fingerprint density at radius 3 is 2.32 bits per heavy atom. The van der Waals surface area contributed by atoms with Gasteiger partial charge in [0, 0.05) is 29.4 Å². The van der Waals surface area contributed by atoms with Crippen LogP contribution in [0.15, 0.2) is 72.8 Å². The Kier molecular flexibility index (Phi) is 7.11. The zero-order valence-corrected chi connectivity index (χ0v) is 17.5. The molecule has 0 saturated carbocycles. The summed E-state index contributed by atoms with van der Waals surface area (Å²) in [5, 5.41) is 13.8. The normalized spacial score (nSPS) is 11.3. The van der Waals surface area contributed by atoms with Gasteiger partial charge in [-0.2, -0.15) is 0 Å². The van der Waals surface area contributed by atoms with Crippen molar-refractivity contribution < 1.29 is 14.3 Å². The summed E-state index contributed by atoms with van der Waals surface area (Å²) in [5.74, 6) is 0.949. The van der Waals surface area contributed by atoms with E-state index in [1.807, 2.05) is 30.3 Å². The minimum atomic E-state index is -0.715. The van der Waals surface area contributed by atoms with Crippen LogP contribution in [0.25, 0.3) is 0 Å². The van der Waals surface area contributed by atoms with E-state index >= 15 is 0 Å². The minimum absolute atomic E-state index is 0.0134. The first-order valence-electron chi connectivity index (χ1n) is 9.76. The number of ether oxygens (including phenoxy) is 2. The van der Waals surface area contributed by atoms with Crippen LogP contribution in [0.3, 0.4) is 0 Å². The van der Waals surface area contributed by atoms with Crippen LogP contribution in [0, 0.1) is 5.41 Å². The number of carbonyl (C=O) groups excluding carboxylic acids is 1. The average Bonchev–Trinajstić information content (AvgIpc) is 2.81.